The van der Waals surface area contributed by atoms with Gasteiger partial charge < -0.3 is 0 Å². The molecule has 6 heteroatoms. The van der Waals surface area contributed by atoms with Gasteiger partial charge in [-0.1, -0.05) is 71.2 Å². The highest BCUT2D eigenvalue weighted by Gasteiger charge is 2.24. The monoisotopic (exact) mass is 405 g/mol. The van der Waals surface area contributed by atoms with Crippen LogP contribution in [0.2, 0.25) is 10.0 Å². The molecule has 3 aromatic carbocycles. The molecule has 134 valence electrons. The Balaban J connectivity index is 2.07. The molecule has 26 heavy (non-hydrogen) atoms. The zero-order valence-electron chi connectivity index (χ0n) is 14.0. The summed E-state index contributed by atoms with van der Waals surface area (Å²) in [6.07, 6.45) is 0. The molecule has 0 fully saturated rings. The number of halogens is 2. The maximum atomic E-state index is 12.9. The minimum absolute atomic E-state index is 0.196. The van der Waals surface area contributed by atoms with Gasteiger partial charge in [0.15, 0.2) is 0 Å². The topological polar surface area (TPSA) is 46.2 Å². The van der Waals surface area contributed by atoms with Crippen molar-refractivity contribution in [3.63, 3.8) is 0 Å². The summed E-state index contributed by atoms with van der Waals surface area (Å²) in [6.45, 7) is 1.91. The highest BCUT2D eigenvalue weighted by Crippen LogP contribution is 2.31. The molecule has 0 heterocycles. The highest BCUT2D eigenvalue weighted by atomic mass is 35.5. The van der Waals surface area contributed by atoms with Crippen molar-refractivity contribution in [1.29, 1.82) is 0 Å². The van der Waals surface area contributed by atoms with E-state index in [2.05, 4.69) is 4.72 Å². The molecular weight excluding hydrogens is 389 g/mol. The lowest BCUT2D eigenvalue weighted by atomic mass is 10.00. The lowest BCUT2D eigenvalue weighted by Crippen LogP contribution is -2.29. The minimum Gasteiger partial charge on any atom is -0.207 e. The van der Waals surface area contributed by atoms with Crippen molar-refractivity contribution in [2.75, 3.05) is 0 Å². The summed E-state index contributed by atoms with van der Waals surface area (Å²) >= 11 is 12.4. The van der Waals surface area contributed by atoms with Gasteiger partial charge >= 0.3 is 0 Å². The molecule has 1 N–H and O–H groups in total. The van der Waals surface area contributed by atoms with Crippen LogP contribution in [0, 0.1) is 6.92 Å². The number of aryl methyl sites for hydroxylation is 1. The van der Waals surface area contributed by atoms with Gasteiger partial charge in [0.2, 0.25) is 10.0 Å². The van der Waals surface area contributed by atoms with Crippen LogP contribution in [-0.4, -0.2) is 8.42 Å². The highest BCUT2D eigenvalue weighted by molar-refractivity contribution is 7.89. The molecule has 0 aromatic heterocycles. The quantitative estimate of drug-likeness (QED) is 0.619. The van der Waals surface area contributed by atoms with Crippen LogP contribution < -0.4 is 4.72 Å². The second-order valence-corrected chi connectivity index (χ2v) is 8.50. The Labute approximate surface area is 163 Å². The first-order valence-electron chi connectivity index (χ1n) is 7.96. The Bertz CT molecular complexity index is 1020. The zero-order valence-corrected chi connectivity index (χ0v) is 16.3. The Hall–Kier alpha value is -1.85. The third kappa shape index (κ3) is 4.27. The molecule has 0 saturated heterocycles. The number of nitrogens with one attached hydrogen (secondary N) is 1. The Morgan fingerprint density at radius 1 is 0.885 bits per heavy atom. The summed E-state index contributed by atoms with van der Waals surface area (Å²) in [7, 11) is -3.75. The van der Waals surface area contributed by atoms with E-state index in [1.165, 1.54) is 0 Å². The van der Waals surface area contributed by atoms with Gasteiger partial charge in [0.1, 0.15) is 0 Å². The Morgan fingerprint density at radius 2 is 1.58 bits per heavy atom. The molecule has 0 amide bonds. The van der Waals surface area contributed by atoms with Gasteiger partial charge in [-0.15, -0.1) is 0 Å². The lowest BCUT2D eigenvalue weighted by molar-refractivity contribution is 0.572. The summed E-state index contributed by atoms with van der Waals surface area (Å²) in [5.41, 5.74) is 2.36. The second-order valence-electron chi connectivity index (χ2n) is 5.94. The van der Waals surface area contributed by atoms with Crippen LogP contribution in [0.1, 0.15) is 22.7 Å². The van der Waals surface area contributed by atoms with Crippen LogP contribution in [0.3, 0.4) is 0 Å². The Kier molecular flexibility index (Phi) is 5.68. The largest absolute Gasteiger partial charge is 0.241 e. The van der Waals surface area contributed by atoms with Crippen molar-refractivity contribution in [2.45, 2.75) is 17.9 Å². The summed E-state index contributed by atoms with van der Waals surface area (Å²) in [5, 5.41) is 0.998. The first kappa shape index (κ1) is 18.9. The molecule has 0 saturated carbocycles. The molecule has 3 nitrogen and oxygen atoms in total. The average molecular weight is 406 g/mol. The van der Waals surface area contributed by atoms with Crippen molar-refractivity contribution >= 4 is 33.2 Å². The number of benzene rings is 3. The summed E-state index contributed by atoms with van der Waals surface area (Å²) < 4.78 is 28.6. The fraction of sp³-hybridized carbons (Fsp3) is 0.100. The van der Waals surface area contributed by atoms with Crippen molar-refractivity contribution < 1.29 is 8.42 Å². The fourth-order valence-electron chi connectivity index (χ4n) is 2.65. The molecule has 1 atom stereocenters. The third-order valence-electron chi connectivity index (χ3n) is 4.00. The van der Waals surface area contributed by atoms with Crippen molar-refractivity contribution in [2.24, 2.45) is 0 Å². The minimum atomic E-state index is -3.75. The van der Waals surface area contributed by atoms with Crippen LogP contribution in [-0.2, 0) is 10.0 Å². The lowest BCUT2D eigenvalue weighted by Gasteiger charge is -2.21. The fourth-order valence-corrected chi connectivity index (χ4v) is 4.29. The number of sulfonamides is 1. The molecule has 0 bridgehead atoms. The van der Waals surface area contributed by atoms with Crippen LogP contribution in [0.15, 0.2) is 77.7 Å². The van der Waals surface area contributed by atoms with Crippen LogP contribution in [0.4, 0.5) is 0 Å². The van der Waals surface area contributed by atoms with E-state index in [-0.39, 0.29) is 4.90 Å². The standard InChI is InChI=1S/C20H17Cl2NO2S/c1-14-9-11-17(12-10-14)26(24,25)23-20(15-5-4-6-16(21)13-15)18-7-2-3-8-19(18)22/h2-13,20,23H,1H3. The maximum Gasteiger partial charge on any atom is 0.241 e. The second kappa shape index (κ2) is 7.80. The molecule has 0 radical (unpaired) electrons. The van der Waals surface area contributed by atoms with Gasteiger partial charge in [-0.05, 0) is 48.4 Å². The number of hydrogen-bond acceptors (Lipinski definition) is 2. The molecule has 0 spiro atoms. The van der Waals surface area contributed by atoms with Crippen LogP contribution in [0.5, 0.6) is 0 Å². The SMILES string of the molecule is Cc1ccc(S(=O)(=O)NC(c2cccc(Cl)c2)c2ccccc2Cl)cc1. The molecule has 0 aliphatic heterocycles. The van der Waals surface area contributed by atoms with Crippen molar-refractivity contribution in [3.05, 3.63) is 99.5 Å². The summed E-state index contributed by atoms with van der Waals surface area (Å²) in [5.74, 6) is 0. The van der Waals surface area contributed by atoms with Crippen LogP contribution in [0.25, 0.3) is 0 Å². The molecule has 0 aliphatic rings. The summed E-state index contributed by atoms with van der Waals surface area (Å²) in [4.78, 5) is 0.196. The van der Waals surface area contributed by atoms with E-state index in [0.717, 1.165) is 5.56 Å². The predicted molar refractivity (Wildman–Crippen MR) is 106 cm³/mol. The van der Waals surface area contributed by atoms with Gasteiger partial charge in [0.25, 0.3) is 0 Å². The van der Waals surface area contributed by atoms with E-state index in [0.29, 0.717) is 21.2 Å². The van der Waals surface area contributed by atoms with Crippen molar-refractivity contribution in [1.82, 2.24) is 4.72 Å². The smallest absolute Gasteiger partial charge is 0.207 e. The normalized spacial score (nSPS) is 12.7. The van der Waals surface area contributed by atoms with E-state index in [1.807, 2.05) is 19.1 Å². The maximum absolute atomic E-state index is 12.9. The van der Waals surface area contributed by atoms with Gasteiger partial charge in [-0.3, -0.25) is 0 Å². The first-order valence-corrected chi connectivity index (χ1v) is 10.2. The van der Waals surface area contributed by atoms with E-state index in [4.69, 9.17) is 23.2 Å². The Morgan fingerprint density at radius 3 is 2.23 bits per heavy atom. The molecule has 0 aliphatic carbocycles. The molecular formula is C20H17Cl2NO2S. The van der Waals surface area contributed by atoms with Gasteiger partial charge in [0.05, 0.1) is 10.9 Å². The average Bonchev–Trinajstić information content (AvgIpc) is 2.61. The number of rotatable bonds is 5. The number of hydrogen-bond donors (Lipinski definition) is 1. The van der Waals surface area contributed by atoms with E-state index in [9.17, 15) is 8.42 Å². The first-order chi connectivity index (χ1) is 12.4. The molecule has 1 unspecified atom stereocenters. The van der Waals surface area contributed by atoms with E-state index >= 15 is 0 Å². The van der Waals surface area contributed by atoms with Gasteiger partial charge in [0, 0.05) is 10.0 Å². The van der Waals surface area contributed by atoms with E-state index < -0.39 is 16.1 Å². The predicted octanol–water partition coefficient (Wildman–Crippen LogP) is 5.37. The van der Waals surface area contributed by atoms with Crippen molar-refractivity contribution in [3.8, 4) is 0 Å². The van der Waals surface area contributed by atoms with Gasteiger partial charge in [-0.25, -0.2) is 8.42 Å². The van der Waals surface area contributed by atoms with E-state index in [1.54, 1.807) is 60.7 Å². The molecule has 3 rings (SSSR count). The molecule has 3 aromatic rings. The zero-order chi connectivity index (χ0) is 18.7. The summed E-state index contributed by atoms with van der Waals surface area (Å²) in [6, 6.07) is 20.2. The third-order valence-corrected chi connectivity index (χ3v) is 6.02. The van der Waals surface area contributed by atoms with Crippen LogP contribution >= 0.6 is 23.2 Å². The van der Waals surface area contributed by atoms with Gasteiger partial charge in [-0.2, -0.15) is 4.72 Å².